The SMILES string of the molecule is O=C1COc2ccc(NC(C(=O)Nc3ccc(F)cc3)c3ccccc3)cc2N1. The molecule has 4 rings (SSSR count). The third-order valence-electron chi connectivity index (χ3n) is 4.43. The number of amides is 2. The quantitative estimate of drug-likeness (QED) is 0.615. The largest absolute Gasteiger partial charge is 0.482 e. The van der Waals surface area contributed by atoms with Crippen LogP contribution in [-0.4, -0.2) is 18.4 Å². The van der Waals surface area contributed by atoms with Gasteiger partial charge in [-0.2, -0.15) is 0 Å². The minimum absolute atomic E-state index is 0.0213. The van der Waals surface area contributed by atoms with E-state index < -0.39 is 6.04 Å². The zero-order valence-corrected chi connectivity index (χ0v) is 15.3. The first-order valence-corrected chi connectivity index (χ1v) is 9.03. The van der Waals surface area contributed by atoms with E-state index in [0.717, 1.165) is 5.56 Å². The van der Waals surface area contributed by atoms with E-state index in [0.29, 0.717) is 22.8 Å². The summed E-state index contributed by atoms with van der Waals surface area (Å²) >= 11 is 0. The zero-order valence-electron chi connectivity index (χ0n) is 15.3. The predicted molar refractivity (Wildman–Crippen MR) is 108 cm³/mol. The van der Waals surface area contributed by atoms with Gasteiger partial charge in [0.25, 0.3) is 11.8 Å². The molecule has 0 radical (unpaired) electrons. The third kappa shape index (κ3) is 4.35. The van der Waals surface area contributed by atoms with Crippen LogP contribution >= 0.6 is 0 Å². The molecule has 146 valence electrons. The van der Waals surface area contributed by atoms with Crippen molar-refractivity contribution in [3.63, 3.8) is 0 Å². The smallest absolute Gasteiger partial charge is 0.262 e. The second-order valence-electron chi connectivity index (χ2n) is 6.53. The van der Waals surface area contributed by atoms with Crippen molar-refractivity contribution in [2.24, 2.45) is 0 Å². The van der Waals surface area contributed by atoms with Crippen molar-refractivity contribution in [1.82, 2.24) is 0 Å². The Balaban J connectivity index is 1.59. The fourth-order valence-electron chi connectivity index (χ4n) is 3.03. The van der Waals surface area contributed by atoms with Crippen LogP contribution in [0, 0.1) is 5.82 Å². The van der Waals surface area contributed by atoms with Gasteiger partial charge < -0.3 is 20.7 Å². The summed E-state index contributed by atoms with van der Waals surface area (Å²) < 4.78 is 18.5. The van der Waals surface area contributed by atoms with Crippen molar-refractivity contribution in [3.05, 3.63) is 84.2 Å². The van der Waals surface area contributed by atoms with Gasteiger partial charge in [0.2, 0.25) is 0 Å². The molecule has 1 atom stereocenters. The minimum Gasteiger partial charge on any atom is -0.482 e. The van der Waals surface area contributed by atoms with Crippen LogP contribution in [0.15, 0.2) is 72.8 Å². The van der Waals surface area contributed by atoms with Gasteiger partial charge in [0, 0.05) is 11.4 Å². The maximum absolute atomic E-state index is 13.1. The first kappa shape index (κ1) is 18.5. The molecule has 0 saturated carbocycles. The molecule has 3 aromatic rings. The third-order valence-corrected chi connectivity index (χ3v) is 4.43. The van der Waals surface area contributed by atoms with Crippen LogP contribution < -0.4 is 20.7 Å². The first-order chi connectivity index (χ1) is 14.1. The summed E-state index contributed by atoms with van der Waals surface area (Å²) in [4.78, 5) is 24.6. The molecule has 0 aromatic heterocycles. The molecule has 7 heteroatoms. The van der Waals surface area contributed by atoms with Gasteiger partial charge in [0.1, 0.15) is 17.6 Å². The van der Waals surface area contributed by atoms with Crippen LogP contribution in [0.2, 0.25) is 0 Å². The average Bonchev–Trinajstić information content (AvgIpc) is 2.74. The van der Waals surface area contributed by atoms with Crippen LogP contribution in [0.5, 0.6) is 5.75 Å². The Morgan fingerprint density at radius 1 is 1.00 bits per heavy atom. The molecule has 1 unspecified atom stereocenters. The van der Waals surface area contributed by atoms with E-state index in [1.807, 2.05) is 30.3 Å². The number of hydrogen-bond donors (Lipinski definition) is 3. The molecule has 0 saturated heterocycles. The van der Waals surface area contributed by atoms with E-state index in [4.69, 9.17) is 4.74 Å². The van der Waals surface area contributed by atoms with Crippen LogP contribution in [0.1, 0.15) is 11.6 Å². The highest BCUT2D eigenvalue weighted by molar-refractivity contribution is 5.98. The van der Waals surface area contributed by atoms with Crippen molar-refractivity contribution in [2.75, 3.05) is 22.6 Å². The monoisotopic (exact) mass is 391 g/mol. The van der Waals surface area contributed by atoms with Gasteiger partial charge in [0.05, 0.1) is 5.69 Å². The molecule has 0 spiro atoms. The molecule has 1 aliphatic rings. The van der Waals surface area contributed by atoms with E-state index in [1.165, 1.54) is 24.3 Å². The second kappa shape index (κ2) is 8.02. The van der Waals surface area contributed by atoms with Gasteiger partial charge in [-0.3, -0.25) is 9.59 Å². The molecule has 1 heterocycles. The summed E-state index contributed by atoms with van der Waals surface area (Å²) in [6.45, 7) is -0.0213. The van der Waals surface area contributed by atoms with Gasteiger partial charge in [0.15, 0.2) is 6.61 Å². The maximum atomic E-state index is 13.1. The molecule has 3 N–H and O–H groups in total. The fourth-order valence-corrected chi connectivity index (χ4v) is 3.03. The van der Waals surface area contributed by atoms with Crippen LogP contribution in [0.25, 0.3) is 0 Å². The number of halogens is 1. The fraction of sp³-hybridized carbons (Fsp3) is 0.0909. The number of benzene rings is 3. The molecule has 0 fully saturated rings. The van der Waals surface area contributed by atoms with Crippen molar-refractivity contribution in [1.29, 1.82) is 0 Å². The lowest BCUT2D eigenvalue weighted by Gasteiger charge is -2.22. The summed E-state index contributed by atoms with van der Waals surface area (Å²) in [6, 6.07) is 19.3. The number of nitrogens with one attached hydrogen (secondary N) is 3. The van der Waals surface area contributed by atoms with Gasteiger partial charge >= 0.3 is 0 Å². The average molecular weight is 391 g/mol. The Labute approximate surface area is 166 Å². The number of hydrogen-bond acceptors (Lipinski definition) is 4. The highest BCUT2D eigenvalue weighted by Crippen LogP contribution is 2.32. The molecular formula is C22H18FN3O3. The Kier molecular flexibility index (Phi) is 5.11. The van der Waals surface area contributed by atoms with Crippen LogP contribution in [0.4, 0.5) is 21.5 Å². The second-order valence-corrected chi connectivity index (χ2v) is 6.53. The van der Waals surface area contributed by atoms with Crippen molar-refractivity contribution < 1.29 is 18.7 Å². The summed E-state index contributed by atoms with van der Waals surface area (Å²) in [6.07, 6.45) is 0. The molecule has 1 aliphatic heterocycles. The van der Waals surface area contributed by atoms with E-state index in [1.54, 1.807) is 18.2 Å². The van der Waals surface area contributed by atoms with E-state index in [-0.39, 0.29) is 24.2 Å². The van der Waals surface area contributed by atoms with Crippen molar-refractivity contribution in [2.45, 2.75) is 6.04 Å². The lowest BCUT2D eigenvalue weighted by molar-refractivity contribution is -0.119. The molecule has 2 amide bonds. The van der Waals surface area contributed by atoms with E-state index >= 15 is 0 Å². The standard InChI is InChI=1S/C22H18FN3O3/c23-15-6-8-16(9-7-15)25-22(28)21(14-4-2-1-3-5-14)24-17-10-11-19-18(12-17)26-20(27)13-29-19/h1-12,21,24H,13H2,(H,25,28)(H,26,27). The Morgan fingerprint density at radius 2 is 1.72 bits per heavy atom. The molecule has 3 aromatic carbocycles. The van der Waals surface area contributed by atoms with Gasteiger partial charge in [-0.25, -0.2) is 4.39 Å². The van der Waals surface area contributed by atoms with Gasteiger partial charge in [-0.15, -0.1) is 0 Å². The topological polar surface area (TPSA) is 79.5 Å². The number of carbonyl (C=O) groups is 2. The zero-order chi connectivity index (χ0) is 20.2. The first-order valence-electron chi connectivity index (χ1n) is 9.03. The van der Waals surface area contributed by atoms with Crippen LogP contribution in [-0.2, 0) is 9.59 Å². The Bertz CT molecular complexity index is 1040. The highest BCUT2D eigenvalue weighted by Gasteiger charge is 2.22. The summed E-state index contributed by atoms with van der Waals surface area (Å²) in [5.74, 6) is -0.342. The summed E-state index contributed by atoms with van der Waals surface area (Å²) in [5.41, 5.74) is 2.42. The number of anilines is 3. The van der Waals surface area contributed by atoms with E-state index in [2.05, 4.69) is 16.0 Å². The van der Waals surface area contributed by atoms with E-state index in [9.17, 15) is 14.0 Å². The Morgan fingerprint density at radius 3 is 2.48 bits per heavy atom. The van der Waals surface area contributed by atoms with Crippen molar-refractivity contribution >= 4 is 28.9 Å². The minimum atomic E-state index is -0.709. The van der Waals surface area contributed by atoms with Gasteiger partial charge in [-0.05, 0) is 48.0 Å². The lowest BCUT2D eigenvalue weighted by atomic mass is 10.1. The molecule has 0 bridgehead atoms. The summed E-state index contributed by atoms with van der Waals surface area (Å²) in [5, 5.41) is 8.74. The summed E-state index contributed by atoms with van der Waals surface area (Å²) in [7, 11) is 0. The molecule has 29 heavy (non-hydrogen) atoms. The predicted octanol–water partition coefficient (Wildman–Crippen LogP) is 3.95. The Hall–Kier alpha value is -3.87. The molecule has 6 nitrogen and oxygen atoms in total. The van der Waals surface area contributed by atoms with Crippen molar-refractivity contribution in [3.8, 4) is 5.75 Å². The molecular weight excluding hydrogens is 373 g/mol. The highest BCUT2D eigenvalue weighted by atomic mass is 19.1. The van der Waals surface area contributed by atoms with Gasteiger partial charge in [-0.1, -0.05) is 30.3 Å². The number of rotatable bonds is 5. The number of ether oxygens (including phenoxy) is 1. The normalized spacial score (nSPS) is 13.5. The number of fused-ring (bicyclic) bond motifs is 1. The van der Waals surface area contributed by atoms with Crippen LogP contribution in [0.3, 0.4) is 0 Å². The molecule has 0 aliphatic carbocycles. The maximum Gasteiger partial charge on any atom is 0.262 e. The number of carbonyl (C=O) groups excluding carboxylic acids is 2. The lowest BCUT2D eigenvalue weighted by Crippen LogP contribution is -2.28.